The molecule has 0 radical (unpaired) electrons. The number of hydrogen-bond donors (Lipinski definition) is 0. The molecule has 0 fully saturated rings. The summed E-state index contributed by atoms with van der Waals surface area (Å²) in [7, 11) is 0. The van der Waals surface area contributed by atoms with Crippen molar-refractivity contribution in [1.29, 1.82) is 0 Å². The molecule has 40 heavy (non-hydrogen) atoms. The highest BCUT2D eigenvalue weighted by Gasteiger charge is 2.10. The number of benzene rings is 6. The summed E-state index contributed by atoms with van der Waals surface area (Å²) in [5.74, 6) is 0. The van der Waals surface area contributed by atoms with E-state index in [1.165, 1.54) is 0 Å². The second-order valence-corrected chi connectivity index (χ2v) is 9.48. The molecule has 0 aliphatic carbocycles. The van der Waals surface area contributed by atoms with Crippen molar-refractivity contribution in [2.45, 2.75) is 0 Å². The zero-order chi connectivity index (χ0) is 27.0. The summed E-state index contributed by atoms with van der Waals surface area (Å²) in [5.41, 5.74) is 10.4. The molecule has 6 rings (SSSR count). The second-order valence-electron chi connectivity index (χ2n) is 9.48. The van der Waals surface area contributed by atoms with Crippen LogP contribution in [0.15, 0.2) is 180 Å². The van der Waals surface area contributed by atoms with Crippen LogP contribution < -0.4 is 0 Å². The van der Waals surface area contributed by atoms with Gasteiger partial charge in [0.15, 0.2) is 0 Å². The van der Waals surface area contributed by atoms with Gasteiger partial charge in [0.1, 0.15) is 0 Å². The summed E-state index contributed by atoms with van der Waals surface area (Å²) in [6.07, 6.45) is 0. The van der Waals surface area contributed by atoms with E-state index in [1.54, 1.807) is 0 Å². The largest absolute Gasteiger partial charge is 0.248 e. The van der Waals surface area contributed by atoms with Crippen LogP contribution in [0.3, 0.4) is 0 Å². The Morgan fingerprint density at radius 2 is 0.550 bits per heavy atom. The van der Waals surface area contributed by atoms with E-state index in [9.17, 15) is 0 Å². The SMILES string of the molecule is c1ccc(/N=C(\c2ccccc2)c2ccc(-c3ccc(/C(=N/c4ccccc4)c4ccccc4)cc3)cc2)cc1. The third-order valence-corrected chi connectivity index (χ3v) is 6.74. The molecule has 0 bridgehead atoms. The van der Waals surface area contributed by atoms with E-state index >= 15 is 0 Å². The fraction of sp³-hybridized carbons (Fsp3) is 0. The van der Waals surface area contributed by atoms with Gasteiger partial charge < -0.3 is 0 Å². The van der Waals surface area contributed by atoms with Gasteiger partial charge >= 0.3 is 0 Å². The number of para-hydroxylation sites is 2. The highest BCUT2D eigenvalue weighted by atomic mass is 14.8. The van der Waals surface area contributed by atoms with Crippen molar-refractivity contribution in [3.05, 3.63) is 192 Å². The minimum absolute atomic E-state index is 0.937. The summed E-state index contributed by atoms with van der Waals surface area (Å²) in [6, 6.07) is 58.2. The lowest BCUT2D eigenvalue weighted by molar-refractivity contribution is 1.47. The molecule has 0 atom stereocenters. The van der Waals surface area contributed by atoms with Crippen LogP contribution in [0.25, 0.3) is 11.1 Å². The van der Waals surface area contributed by atoms with E-state index in [2.05, 4.69) is 97.1 Å². The maximum absolute atomic E-state index is 5.00. The molecule has 0 unspecified atom stereocenters. The smallest absolute Gasteiger partial charge is 0.0781 e. The van der Waals surface area contributed by atoms with Gasteiger partial charge in [-0.15, -0.1) is 0 Å². The Morgan fingerprint density at radius 1 is 0.275 bits per heavy atom. The monoisotopic (exact) mass is 512 g/mol. The molecule has 6 aromatic carbocycles. The van der Waals surface area contributed by atoms with Crippen LogP contribution in [0, 0.1) is 0 Å². The first-order valence-corrected chi connectivity index (χ1v) is 13.4. The van der Waals surface area contributed by atoms with Gasteiger partial charge in [-0.25, -0.2) is 9.98 Å². The van der Waals surface area contributed by atoms with Crippen LogP contribution in [-0.2, 0) is 0 Å². The minimum Gasteiger partial charge on any atom is -0.248 e. The molecule has 0 aliphatic heterocycles. The predicted molar refractivity (Wildman–Crippen MR) is 168 cm³/mol. The third-order valence-electron chi connectivity index (χ3n) is 6.74. The molecule has 6 aromatic rings. The molecule has 0 aromatic heterocycles. The van der Waals surface area contributed by atoms with E-state index in [4.69, 9.17) is 9.98 Å². The summed E-state index contributed by atoms with van der Waals surface area (Å²) in [5, 5.41) is 0. The summed E-state index contributed by atoms with van der Waals surface area (Å²) in [4.78, 5) is 10.00. The van der Waals surface area contributed by atoms with E-state index < -0.39 is 0 Å². The van der Waals surface area contributed by atoms with Crippen molar-refractivity contribution in [3.8, 4) is 11.1 Å². The molecule has 0 saturated carbocycles. The standard InChI is InChI=1S/C38H28N2/c1-5-13-31(14-6-1)37(39-35-17-9-3-10-18-35)33-25-21-29(22-26-33)30-23-27-34(28-24-30)38(32-15-7-2-8-16-32)40-36-19-11-4-12-20-36/h1-28H/b39-37+,40-38+. The number of hydrogen-bond acceptors (Lipinski definition) is 2. The maximum Gasteiger partial charge on any atom is 0.0781 e. The van der Waals surface area contributed by atoms with E-state index in [1.807, 2.05) is 72.8 Å². The van der Waals surface area contributed by atoms with Crippen LogP contribution in [0.2, 0.25) is 0 Å². The molecule has 2 heteroatoms. The van der Waals surface area contributed by atoms with Gasteiger partial charge in [0.05, 0.1) is 22.8 Å². The van der Waals surface area contributed by atoms with Gasteiger partial charge in [0, 0.05) is 22.3 Å². The van der Waals surface area contributed by atoms with Crippen molar-refractivity contribution in [3.63, 3.8) is 0 Å². The van der Waals surface area contributed by atoms with Gasteiger partial charge in [-0.05, 0) is 35.4 Å². The molecular weight excluding hydrogens is 484 g/mol. The highest BCUT2D eigenvalue weighted by molar-refractivity contribution is 6.15. The molecule has 190 valence electrons. The molecular formula is C38H28N2. The molecule has 0 heterocycles. The number of aliphatic imine (C=N–C) groups is 2. The van der Waals surface area contributed by atoms with Crippen molar-refractivity contribution in [2.75, 3.05) is 0 Å². The lowest BCUT2D eigenvalue weighted by Crippen LogP contribution is -2.03. The Bertz CT molecular complexity index is 1590. The van der Waals surface area contributed by atoms with E-state index in [0.29, 0.717) is 0 Å². The van der Waals surface area contributed by atoms with Crippen molar-refractivity contribution in [1.82, 2.24) is 0 Å². The summed E-state index contributed by atoms with van der Waals surface area (Å²) < 4.78 is 0. The predicted octanol–water partition coefficient (Wildman–Crippen LogP) is 9.69. The Hall–Kier alpha value is -5.34. The average molecular weight is 513 g/mol. The lowest BCUT2D eigenvalue weighted by Gasteiger charge is -2.11. The highest BCUT2D eigenvalue weighted by Crippen LogP contribution is 2.25. The van der Waals surface area contributed by atoms with Crippen molar-refractivity contribution in [2.24, 2.45) is 9.98 Å². The van der Waals surface area contributed by atoms with Gasteiger partial charge in [0.25, 0.3) is 0 Å². The maximum atomic E-state index is 5.00. The van der Waals surface area contributed by atoms with Crippen LogP contribution in [-0.4, -0.2) is 11.4 Å². The Labute approximate surface area is 235 Å². The topological polar surface area (TPSA) is 24.7 Å². The first kappa shape index (κ1) is 25.0. The van der Waals surface area contributed by atoms with Gasteiger partial charge in [0.2, 0.25) is 0 Å². The van der Waals surface area contributed by atoms with Crippen LogP contribution in [0.1, 0.15) is 22.3 Å². The van der Waals surface area contributed by atoms with Crippen molar-refractivity contribution < 1.29 is 0 Å². The molecule has 0 saturated heterocycles. The van der Waals surface area contributed by atoms with Crippen molar-refractivity contribution >= 4 is 22.8 Å². The normalized spacial score (nSPS) is 11.8. The van der Waals surface area contributed by atoms with Crippen LogP contribution in [0.4, 0.5) is 11.4 Å². The fourth-order valence-electron chi connectivity index (χ4n) is 4.69. The van der Waals surface area contributed by atoms with E-state index in [0.717, 1.165) is 56.2 Å². The van der Waals surface area contributed by atoms with Crippen LogP contribution >= 0.6 is 0 Å². The number of rotatable bonds is 7. The summed E-state index contributed by atoms with van der Waals surface area (Å²) in [6.45, 7) is 0. The number of nitrogens with zero attached hydrogens (tertiary/aromatic N) is 2. The molecule has 0 N–H and O–H groups in total. The minimum atomic E-state index is 0.937. The fourth-order valence-corrected chi connectivity index (χ4v) is 4.69. The first-order valence-electron chi connectivity index (χ1n) is 13.4. The van der Waals surface area contributed by atoms with Crippen LogP contribution in [0.5, 0.6) is 0 Å². The van der Waals surface area contributed by atoms with Gasteiger partial charge in [-0.3, -0.25) is 0 Å². The van der Waals surface area contributed by atoms with E-state index in [-0.39, 0.29) is 0 Å². The Morgan fingerprint density at radius 3 is 0.875 bits per heavy atom. The average Bonchev–Trinajstić information content (AvgIpc) is 3.05. The molecule has 2 nitrogen and oxygen atoms in total. The van der Waals surface area contributed by atoms with Gasteiger partial charge in [-0.2, -0.15) is 0 Å². The summed E-state index contributed by atoms with van der Waals surface area (Å²) >= 11 is 0. The quantitative estimate of drug-likeness (QED) is 0.190. The van der Waals surface area contributed by atoms with Gasteiger partial charge in [-0.1, -0.05) is 146 Å². The first-order chi connectivity index (χ1) is 19.8. The lowest BCUT2D eigenvalue weighted by atomic mass is 9.96. The molecule has 0 amide bonds. The zero-order valence-corrected chi connectivity index (χ0v) is 22.1. The second kappa shape index (κ2) is 12.0. The third kappa shape index (κ3) is 5.87. The molecule has 0 spiro atoms. The Kier molecular flexibility index (Phi) is 7.50. The zero-order valence-electron chi connectivity index (χ0n) is 22.1. The Balaban J connectivity index is 1.31. The molecule has 0 aliphatic rings.